The van der Waals surface area contributed by atoms with E-state index < -0.39 is 8.24 Å². The molecule has 0 aromatic heterocycles. The highest BCUT2D eigenvalue weighted by atomic mass is 28.3. The number of benzene rings is 1. The number of fused-ring (bicyclic) bond motifs is 1. The average molecular weight is 285 g/mol. The Morgan fingerprint density at radius 2 is 1.45 bits per heavy atom. The summed E-state index contributed by atoms with van der Waals surface area (Å²) in [5.41, 5.74) is 0. The van der Waals surface area contributed by atoms with E-state index in [1.165, 1.54) is 0 Å². The summed E-state index contributed by atoms with van der Waals surface area (Å²) >= 11 is 0. The van der Waals surface area contributed by atoms with E-state index in [-0.39, 0.29) is 23.7 Å². The first kappa shape index (κ1) is 13.3. The molecule has 2 aliphatic rings. The normalized spacial score (nSPS) is 26.0. The molecule has 0 saturated carbocycles. The quantitative estimate of drug-likeness (QED) is 0.474. The first-order chi connectivity index (χ1) is 9.53. The van der Waals surface area contributed by atoms with Crippen LogP contribution in [0.4, 0.5) is 0 Å². The van der Waals surface area contributed by atoms with Crippen LogP contribution in [0.5, 0.6) is 0 Å². The second-order valence-corrected chi connectivity index (χ2v) is 10.2. The Bertz CT molecular complexity index is 553. The third-order valence-electron chi connectivity index (χ3n) is 4.55. The second kappa shape index (κ2) is 4.70. The zero-order valence-corrected chi connectivity index (χ0v) is 12.9. The molecular formula is C16H19NO2Si. The Morgan fingerprint density at radius 3 is 1.95 bits per heavy atom. The van der Waals surface area contributed by atoms with Crippen LogP contribution in [-0.4, -0.2) is 24.6 Å². The standard InChI is InChI=1S/C16H19NO2Si/c1-20(2,12-8-4-3-5-9-12)17-15(18)13-10-6-7-11-14(13)16(17)19/h3-9,13-14H,10-11H2,1-2H3. The predicted molar refractivity (Wildman–Crippen MR) is 80.8 cm³/mol. The number of hydrogen-bond acceptors (Lipinski definition) is 2. The fourth-order valence-electron chi connectivity index (χ4n) is 3.33. The van der Waals surface area contributed by atoms with Gasteiger partial charge in [0.1, 0.15) is 0 Å². The van der Waals surface area contributed by atoms with E-state index in [0.717, 1.165) is 5.19 Å². The van der Waals surface area contributed by atoms with Crippen LogP contribution in [0.3, 0.4) is 0 Å². The van der Waals surface area contributed by atoms with E-state index in [0.29, 0.717) is 12.8 Å². The summed E-state index contributed by atoms with van der Waals surface area (Å²) in [6.07, 6.45) is 5.50. The molecule has 0 bridgehead atoms. The SMILES string of the molecule is C[Si](C)(c1ccccc1)N1C(=O)C2CC=CCC2C1=O. The van der Waals surface area contributed by atoms with Crippen molar-refractivity contribution in [1.29, 1.82) is 0 Å². The molecule has 1 aliphatic heterocycles. The summed E-state index contributed by atoms with van der Waals surface area (Å²) in [6, 6.07) is 9.98. The van der Waals surface area contributed by atoms with E-state index in [1.807, 2.05) is 42.5 Å². The molecule has 2 unspecified atom stereocenters. The summed E-state index contributed by atoms with van der Waals surface area (Å²) < 4.78 is 1.63. The van der Waals surface area contributed by atoms with Crippen molar-refractivity contribution in [2.45, 2.75) is 25.9 Å². The fourth-order valence-corrected chi connectivity index (χ4v) is 6.03. The van der Waals surface area contributed by atoms with E-state index >= 15 is 0 Å². The molecule has 2 amide bonds. The number of nitrogens with zero attached hydrogens (tertiary/aromatic N) is 1. The van der Waals surface area contributed by atoms with E-state index in [2.05, 4.69) is 13.1 Å². The fraction of sp³-hybridized carbons (Fsp3) is 0.375. The maximum absolute atomic E-state index is 12.7. The molecule has 3 rings (SSSR count). The maximum atomic E-state index is 12.7. The third-order valence-corrected chi connectivity index (χ3v) is 7.85. The molecule has 1 fully saturated rings. The van der Waals surface area contributed by atoms with Gasteiger partial charge in [0, 0.05) is 0 Å². The van der Waals surface area contributed by atoms with Crippen molar-refractivity contribution in [3.8, 4) is 0 Å². The van der Waals surface area contributed by atoms with Crippen LogP contribution in [0, 0.1) is 11.8 Å². The molecule has 1 saturated heterocycles. The lowest BCUT2D eigenvalue weighted by Gasteiger charge is -2.32. The highest BCUT2D eigenvalue weighted by molar-refractivity contribution is 6.91. The summed E-state index contributed by atoms with van der Waals surface area (Å²) in [7, 11) is -2.25. The lowest BCUT2D eigenvalue weighted by Crippen LogP contribution is -2.60. The number of hydrogen-bond donors (Lipinski definition) is 0. The molecule has 20 heavy (non-hydrogen) atoms. The van der Waals surface area contributed by atoms with Crippen molar-refractivity contribution >= 4 is 25.2 Å². The minimum absolute atomic E-state index is 0.0462. The summed E-state index contributed by atoms with van der Waals surface area (Å²) in [4.78, 5) is 25.4. The zero-order chi connectivity index (χ0) is 14.3. The van der Waals surface area contributed by atoms with Crippen LogP contribution in [0.25, 0.3) is 0 Å². The zero-order valence-electron chi connectivity index (χ0n) is 11.9. The number of amides is 2. The molecule has 4 heteroatoms. The largest absolute Gasteiger partial charge is 0.307 e. The third kappa shape index (κ3) is 1.86. The monoisotopic (exact) mass is 285 g/mol. The first-order valence-corrected chi connectivity index (χ1v) is 10.1. The minimum Gasteiger partial charge on any atom is -0.307 e. The number of rotatable bonds is 2. The van der Waals surface area contributed by atoms with E-state index in [9.17, 15) is 9.59 Å². The van der Waals surface area contributed by atoms with Crippen molar-refractivity contribution < 1.29 is 9.59 Å². The number of carbonyl (C=O) groups excluding carboxylic acids is 2. The van der Waals surface area contributed by atoms with Crippen LogP contribution in [0.2, 0.25) is 13.1 Å². The average Bonchev–Trinajstić information content (AvgIpc) is 2.73. The molecule has 1 heterocycles. The van der Waals surface area contributed by atoms with E-state index in [1.54, 1.807) is 4.57 Å². The lowest BCUT2D eigenvalue weighted by molar-refractivity contribution is -0.134. The van der Waals surface area contributed by atoms with Gasteiger partial charge in [-0.1, -0.05) is 42.5 Å². The Morgan fingerprint density at radius 1 is 0.950 bits per heavy atom. The number of allylic oxidation sites excluding steroid dienone is 2. The lowest BCUT2D eigenvalue weighted by atomic mass is 9.85. The molecule has 0 radical (unpaired) electrons. The highest BCUT2D eigenvalue weighted by Gasteiger charge is 2.53. The van der Waals surface area contributed by atoms with Gasteiger partial charge in [-0.15, -0.1) is 0 Å². The molecule has 2 atom stereocenters. The molecule has 0 N–H and O–H groups in total. The second-order valence-electron chi connectivity index (χ2n) is 6.09. The molecule has 0 spiro atoms. The summed E-state index contributed by atoms with van der Waals surface area (Å²) in [5, 5.41) is 1.13. The van der Waals surface area contributed by atoms with Crippen LogP contribution in [0.1, 0.15) is 12.8 Å². The van der Waals surface area contributed by atoms with Crippen molar-refractivity contribution in [1.82, 2.24) is 4.57 Å². The predicted octanol–water partition coefficient (Wildman–Crippen LogP) is 2.05. The molecule has 1 aromatic rings. The maximum Gasteiger partial charge on any atom is 0.225 e. The van der Waals surface area contributed by atoms with Gasteiger partial charge < -0.3 is 4.57 Å². The van der Waals surface area contributed by atoms with Gasteiger partial charge >= 0.3 is 0 Å². The van der Waals surface area contributed by atoms with Gasteiger partial charge in [-0.3, -0.25) is 9.59 Å². The van der Waals surface area contributed by atoms with Gasteiger partial charge in [0.05, 0.1) is 11.8 Å². The molecule has 104 valence electrons. The van der Waals surface area contributed by atoms with Crippen molar-refractivity contribution in [2.75, 3.05) is 0 Å². The van der Waals surface area contributed by atoms with Gasteiger partial charge in [-0.2, -0.15) is 0 Å². The minimum atomic E-state index is -2.25. The Balaban J connectivity index is 1.98. The molecule has 1 aromatic carbocycles. The first-order valence-electron chi connectivity index (χ1n) is 7.12. The van der Waals surface area contributed by atoms with Gasteiger partial charge in [0.25, 0.3) is 0 Å². The van der Waals surface area contributed by atoms with Gasteiger partial charge in [-0.25, -0.2) is 0 Å². The molecule has 3 nitrogen and oxygen atoms in total. The Hall–Kier alpha value is -1.68. The van der Waals surface area contributed by atoms with Crippen molar-refractivity contribution in [2.24, 2.45) is 11.8 Å². The van der Waals surface area contributed by atoms with Crippen LogP contribution >= 0.6 is 0 Å². The van der Waals surface area contributed by atoms with Crippen LogP contribution in [0.15, 0.2) is 42.5 Å². The van der Waals surface area contributed by atoms with Gasteiger partial charge in [0.15, 0.2) is 8.24 Å². The molecule has 1 aliphatic carbocycles. The van der Waals surface area contributed by atoms with Crippen LogP contribution < -0.4 is 5.19 Å². The summed E-state index contributed by atoms with van der Waals surface area (Å²) in [6.45, 7) is 4.17. The smallest absolute Gasteiger partial charge is 0.225 e. The highest BCUT2D eigenvalue weighted by Crippen LogP contribution is 2.37. The number of carbonyl (C=O) groups is 2. The van der Waals surface area contributed by atoms with Crippen LogP contribution in [-0.2, 0) is 9.59 Å². The van der Waals surface area contributed by atoms with Crippen molar-refractivity contribution in [3.05, 3.63) is 42.5 Å². The Kier molecular flexibility index (Phi) is 3.13. The number of imide groups is 1. The van der Waals surface area contributed by atoms with Crippen molar-refractivity contribution in [3.63, 3.8) is 0 Å². The topological polar surface area (TPSA) is 37.4 Å². The molecular weight excluding hydrogens is 266 g/mol. The van der Waals surface area contributed by atoms with Gasteiger partial charge in [-0.05, 0) is 31.1 Å². The van der Waals surface area contributed by atoms with Gasteiger partial charge in [0.2, 0.25) is 11.8 Å². The van der Waals surface area contributed by atoms with E-state index in [4.69, 9.17) is 0 Å². The summed E-state index contributed by atoms with van der Waals surface area (Å²) in [5.74, 6) is -0.152. The Labute approximate surface area is 120 Å².